The Labute approximate surface area is 155 Å². The van der Waals surface area contributed by atoms with Crippen molar-refractivity contribution in [3.05, 3.63) is 64.1 Å². The van der Waals surface area contributed by atoms with Crippen LogP contribution in [0.1, 0.15) is 9.67 Å². The summed E-state index contributed by atoms with van der Waals surface area (Å²) in [5.41, 5.74) is 0.983. The molecule has 7 heteroatoms. The molecule has 0 spiro atoms. The lowest BCUT2D eigenvalue weighted by Crippen LogP contribution is -2.49. The number of piperazine rings is 1. The molecule has 0 bridgehead atoms. The van der Waals surface area contributed by atoms with Crippen molar-refractivity contribution in [2.75, 3.05) is 31.1 Å². The standard InChI is InChI=1S/C18H17ClN4OS/c19-14-3-1-4-15(13-14)23-7-6-20-18(23)22-10-8-21(9-11-22)17(24)16-5-2-12-25-16/h1-7,12-13H,8-11H2. The zero-order chi connectivity index (χ0) is 17.2. The molecule has 25 heavy (non-hydrogen) atoms. The van der Waals surface area contributed by atoms with Crippen LogP contribution in [-0.4, -0.2) is 46.5 Å². The second-order valence-corrected chi connectivity index (χ2v) is 7.22. The van der Waals surface area contributed by atoms with Gasteiger partial charge in [0.05, 0.1) is 4.88 Å². The first-order valence-corrected chi connectivity index (χ1v) is 9.35. The smallest absolute Gasteiger partial charge is 0.264 e. The van der Waals surface area contributed by atoms with Gasteiger partial charge in [0.1, 0.15) is 0 Å². The van der Waals surface area contributed by atoms with Crippen LogP contribution in [0.5, 0.6) is 0 Å². The fourth-order valence-electron chi connectivity index (χ4n) is 3.02. The zero-order valence-electron chi connectivity index (χ0n) is 13.5. The average Bonchev–Trinajstić information content (AvgIpc) is 3.33. The third kappa shape index (κ3) is 3.27. The number of thiophene rings is 1. The Bertz CT molecular complexity index is 869. The summed E-state index contributed by atoms with van der Waals surface area (Å²) < 4.78 is 2.03. The maximum Gasteiger partial charge on any atom is 0.264 e. The van der Waals surface area contributed by atoms with E-state index in [0.717, 1.165) is 29.6 Å². The minimum atomic E-state index is 0.118. The number of halogens is 1. The maximum atomic E-state index is 12.5. The third-order valence-corrected chi connectivity index (χ3v) is 5.38. The molecule has 0 aliphatic carbocycles. The van der Waals surface area contributed by atoms with Crippen molar-refractivity contribution in [2.24, 2.45) is 0 Å². The van der Waals surface area contributed by atoms with E-state index in [2.05, 4.69) is 9.88 Å². The number of carbonyl (C=O) groups excluding carboxylic acids is 1. The molecule has 2 aromatic heterocycles. The Morgan fingerprint density at radius 3 is 2.68 bits per heavy atom. The molecule has 3 aromatic rings. The number of nitrogens with zero attached hydrogens (tertiary/aromatic N) is 4. The van der Waals surface area contributed by atoms with Gasteiger partial charge >= 0.3 is 0 Å². The Balaban J connectivity index is 1.49. The van der Waals surface area contributed by atoms with Gasteiger partial charge in [-0.1, -0.05) is 23.7 Å². The maximum absolute atomic E-state index is 12.5. The molecule has 1 aliphatic rings. The first-order valence-electron chi connectivity index (χ1n) is 8.09. The van der Waals surface area contributed by atoms with Gasteiger partial charge in [0.2, 0.25) is 5.95 Å². The highest BCUT2D eigenvalue weighted by molar-refractivity contribution is 7.12. The highest BCUT2D eigenvalue weighted by Gasteiger charge is 2.24. The molecule has 1 fully saturated rings. The lowest BCUT2D eigenvalue weighted by atomic mass is 10.3. The minimum Gasteiger partial charge on any atom is -0.338 e. The van der Waals surface area contributed by atoms with Crippen LogP contribution < -0.4 is 4.90 Å². The number of imidazole rings is 1. The van der Waals surface area contributed by atoms with E-state index in [4.69, 9.17) is 11.6 Å². The van der Waals surface area contributed by atoms with Crippen molar-refractivity contribution in [1.29, 1.82) is 0 Å². The van der Waals surface area contributed by atoms with E-state index in [1.807, 2.05) is 57.4 Å². The van der Waals surface area contributed by atoms with Crippen LogP contribution in [0.2, 0.25) is 5.02 Å². The van der Waals surface area contributed by atoms with Crippen LogP contribution in [0.3, 0.4) is 0 Å². The number of hydrogen-bond acceptors (Lipinski definition) is 4. The Kier molecular flexibility index (Phi) is 4.46. The lowest BCUT2D eigenvalue weighted by molar-refractivity contribution is 0.0751. The summed E-state index contributed by atoms with van der Waals surface area (Å²) in [7, 11) is 0. The van der Waals surface area contributed by atoms with Crippen molar-refractivity contribution >= 4 is 34.8 Å². The SMILES string of the molecule is O=C(c1cccs1)N1CCN(c2nccn2-c2cccc(Cl)c2)CC1. The lowest BCUT2D eigenvalue weighted by Gasteiger charge is -2.35. The summed E-state index contributed by atoms with van der Waals surface area (Å²) >= 11 is 7.60. The van der Waals surface area contributed by atoms with Gasteiger partial charge in [-0.3, -0.25) is 9.36 Å². The van der Waals surface area contributed by atoms with E-state index in [-0.39, 0.29) is 5.91 Å². The normalized spacial score (nSPS) is 14.8. The molecule has 4 rings (SSSR count). The predicted octanol–water partition coefficient (Wildman–Crippen LogP) is 3.55. The molecule has 0 saturated carbocycles. The number of benzene rings is 1. The van der Waals surface area contributed by atoms with Crippen LogP contribution in [0, 0.1) is 0 Å². The van der Waals surface area contributed by atoms with E-state index in [0.29, 0.717) is 18.1 Å². The molecular formula is C18H17ClN4OS. The Hall–Kier alpha value is -2.31. The van der Waals surface area contributed by atoms with Crippen molar-refractivity contribution < 1.29 is 4.79 Å². The molecule has 0 radical (unpaired) electrons. The van der Waals surface area contributed by atoms with E-state index in [1.54, 1.807) is 6.20 Å². The van der Waals surface area contributed by atoms with Crippen LogP contribution in [0.4, 0.5) is 5.95 Å². The Morgan fingerprint density at radius 1 is 1.12 bits per heavy atom. The molecule has 1 saturated heterocycles. The molecule has 3 heterocycles. The molecule has 0 atom stereocenters. The highest BCUT2D eigenvalue weighted by atomic mass is 35.5. The van der Waals surface area contributed by atoms with Gasteiger partial charge < -0.3 is 9.80 Å². The summed E-state index contributed by atoms with van der Waals surface area (Å²) in [5, 5.41) is 2.63. The van der Waals surface area contributed by atoms with Crippen molar-refractivity contribution in [2.45, 2.75) is 0 Å². The van der Waals surface area contributed by atoms with Gasteiger partial charge in [0.25, 0.3) is 5.91 Å². The summed E-state index contributed by atoms with van der Waals surface area (Å²) in [6, 6.07) is 11.5. The quantitative estimate of drug-likeness (QED) is 0.706. The fraction of sp³-hybridized carbons (Fsp3) is 0.222. The van der Waals surface area contributed by atoms with Gasteiger partial charge in [0, 0.05) is 49.3 Å². The van der Waals surface area contributed by atoms with Crippen LogP contribution >= 0.6 is 22.9 Å². The molecule has 1 aliphatic heterocycles. The van der Waals surface area contributed by atoms with E-state index >= 15 is 0 Å². The average molecular weight is 373 g/mol. The second-order valence-electron chi connectivity index (χ2n) is 5.83. The first-order chi connectivity index (χ1) is 12.2. The van der Waals surface area contributed by atoms with Gasteiger partial charge in [-0.2, -0.15) is 0 Å². The molecule has 1 amide bonds. The van der Waals surface area contributed by atoms with E-state index < -0.39 is 0 Å². The molecule has 0 unspecified atom stereocenters. The fourth-order valence-corrected chi connectivity index (χ4v) is 3.90. The monoisotopic (exact) mass is 372 g/mol. The summed E-state index contributed by atoms with van der Waals surface area (Å²) in [5.74, 6) is 0.998. The first kappa shape index (κ1) is 16.2. The highest BCUT2D eigenvalue weighted by Crippen LogP contribution is 2.22. The predicted molar refractivity (Wildman–Crippen MR) is 101 cm³/mol. The number of aromatic nitrogens is 2. The molecule has 1 aromatic carbocycles. The van der Waals surface area contributed by atoms with Crippen molar-refractivity contribution in [3.63, 3.8) is 0 Å². The molecule has 5 nitrogen and oxygen atoms in total. The molecule has 0 N–H and O–H groups in total. The largest absolute Gasteiger partial charge is 0.338 e. The van der Waals surface area contributed by atoms with E-state index in [1.165, 1.54) is 11.3 Å². The second kappa shape index (κ2) is 6.90. The van der Waals surface area contributed by atoms with Crippen molar-refractivity contribution in [1.82, 2.24) is 14.5 Å². The van der Waals surface area contributed by atoms with Gasteiger partial charge in [-0.25, -0.2) is 4.98 Å². The van der Waals surface area contributed by atoms with E-state index in [9.17, 15) is 4.79 Å². The number of hydrogen-bond donors (Lipinski definition) is 0. The summed E-state index contributed by atoms with van der Waals surface area (Å²) in [6.45, 7) is 2.90. The number of rotatable bonds is 3. The van der Waals surface area contributed by atoms with Gasteiger partial charge in [-0.15, -0.1) is 11.3 Å². The summed E-state index contributed by atoms with van der Waals surface area (Å²) in [4.78, 5) is 21.9. The zero-order valence-corrected chi connectivity index (χ0v) is 15.1. The van der Waals surface area contributed by atoms with Gasteiger partial charge in [-0.05, 0) is 29.6 Å². The number of anilines is 1. The van der Waals surface area contributed by atoms with Crippen LogP contribution in [-0.2, 0) is 0 Å². The third-order valence-electron chi connectivity index (χ3n) is 4.29. The van der Waals surface area contributed by atoms with Crippen LogP contribution in [0.25, 0.3) is 5.69 Å². The van der Waals surface area contributed by atoms with Crippen LogP contribution in [0.15, 0.2) is 54.2 Å². The summed E-state index contributed by atoms with van der Waals surface area (Å²) in [6.07, 6.45) is 3.73. The molecule has 128 valence electrons. The van der Waals surface area contributed by atoms with Gasteiger partial charge in [0.15, 0.2) is 0 Å². The topological polar surface area (TPSA) is 41.4 Å². The minimum absolute atomic E-state index is 0.118. The number of amides is 1. The number of carbonyl (C=O) groups is 1. The Morgan fingerprint density at radius 2 is 1.96 bits per heavy atom. The molecular weight excluding hydrogens is 356 g/mol. The van der Waals surface area contributed by atoms with Crippen molar-refractivity contribution in [3.8, 4) is 5.69 Å².